The van der Waals surface area contributed by atoms with E-state index in [9.17, 15) is 23.1 Å². The van der Waals surface area contributed by atoms with Crippen molar-refractivity contribution in [3.63, 3.8) is 0 Å². The molecule has 2 heterocycles. The number of hydrogen-bond acceptors (Lipinski definition) is 8. The first-order chi connectivity index (χ1) is 15.0. The topological polar surface area (TPSA) is 119 Å². The maximum absolute atomic E-state index is 13.2. The maximum atomic E-state index is 13.2. The Morgan fingerprint density at radius 3 is 2.53 bits per heavy atom. The predicted molar refractivity (Wildman–Crippen MR) is 115 cm³/mol. The molecule has 1 saturated heterocycles. The number of amides is 1. The molecule has 2 aliphatic rings. The average molecular weight is 486 g/mol. The van der Waals surface area contributed by atoms with Crippen molar-refractivity contribution >= 4 is 33.3 Å². The molecule has 1 aromatic carbocycles. The molecule has 0 bridgehead atoms. The summed E-state index contributed by atoms with van der Waals surface area (Å²) in [6, 6.07) is 3.66. The van der Waals surface area contributed by atoms with Crippen molar-refractivity contribution in [1.82, 2.24) is 4.90 Å². The highest BCUT2D eigenvalue weighted by molar-refractivity contribution is 7.91. The van der Waals surface area contributed by atoms with Crippen molar-refractivity contribution in [1.29, 1.82) is 0 Å². The Labute approximate surface area is 191 Å². The zero-order valence-corrected chi connectivity index (χ0v) is 19.4. The first-order valence-corrected chi connectivity index (χ1v) is 11.7. The Kier molecular flexibility index (Phi) is 6.87. The van der Waals surface area contributed by atoms with Gasteiger partial charge in [0.15, 0.2) is 21.3 Å². The number of rotatable bonds is 9. The molecule has 1 fully saturated rings. The van der Waals surface area contributed by atoms with Crippen molar-refractivity contribution in [2.75, 3.05) is 26.6 Å². The number of esters is 1. The van der Waals surface area contributed by atoms with Gasteiger partial charge >= 0.3 is 5.97 Å². The quantitative estimate of drug-likeness (QED) is 0.414. The van der Waals surface area contributed by atoms with Gasteiger partial charge in [0.25, 0.3) is 0 Å². The van der Waals surface area contributed by atoms with E-state index in [-0.39, 0.29) is 40.0 Å². The monoisotopic (exact) mass is 485 g/mol. The molecule has 3 atom stereocenters. The van der Waals surface area contributed by atoms with E-state index in [1.165, 1.54) is 44.2 Å². The van der Waals surface area contributed by atoms with Gasteiger partial charge in [0, 0.05) is 11.1 Å². The summed E-state index contributed by atoms with van der Waals surface area (Å²) in [6.45, 7) is 4.64. The predicted octanol–water partition coefficient (Wildman–Crippen LogP) is 1.64. The molecular formula is C21H24ClNO8S. The van der Waals surface area contributed by atoms with Crippen LogP contribution in [0.5, 0.6) is 11.5 Å². The Hall–Kier alpha value is -2.56. The number of fused-ring (bicyclic) bond motifs is 1. The number of methoxy groups -OCH3 is 2. The minimum Gasteiger partial charge on any atom is -0.493 e. The van der Waals surface area contributed by atoms with Crippen LogP contribution in [0.1, 0.15) is 13.3 Å². The molecular weight excluding hydrogens is 462 g/mol. The summed E-state index contributed by atoms with van der Waals surface area (Å²) < 4.78 is 41.7. The highest BCUT2D eigenvalue weighted by Gasteiger charge is 2.57. The van der Waals surface area contributed by atoms with E-state index < -0.39 is 45.5 Å². The number of benzene rings is 1. The van der Waals surface area contributed by atoms with Gasteiger partial charge in [-0.15, -0.1) is 0 Å². The van der Waals surface area contributed by atoms with Crippen LogP contribution in [-0.4, -0.2) is 69.0 Å². The number of β-lactam (4-membered cyclic amide) rings is 1. The number of nitrogens with zero attached hydrogens (tertiary/aromatic N) is 1. The van der Waals surface area contributed by atoms with Crippen LogP contribution in [-0.2, 0) is 24.2 Å². The third-order valence-electron chi connectivity index (χ3n) is 5.45. The average Bonchev–Trinajstić information content (AvgIpc) is 3.04. The third-order valence-corrected chi connectivity index (χ3v) is 7.26. The molecule has 9 nitrogen and oxygen atoms in total. The number of aliphatic hydroxyl groups is 1. The molecule has 0 spiro atoms. The van der Waals surface area contributed by atoms with E-state index in [2.05, 4.69) is 6.58 Å². The molecule has 0 saturated carbocycles. The number of carbonyl (C=O) groups is 2. The van der Waals surface area contributed by atoms with Gasteiger partial charge in [-0.1, -0.05) is 18.2 Å². The lowest BCUT2D eigenvalue weighted by molar-refractivity contribution is -0.162. The molecule has 1 aromatic rings. The van der Waals surface area contributed by atoms with E-state index in [0.29, 0.717) is 5.75 Å². The normalized spacial score (nSPS) is 21.0. The lowest BCUT2D eigenvalue weighted by atomic mass is 9.83. The van der Waals surface area contributed by atoms with E-state index >= 15 is 0 Å². The van der Waals surface area contributed by atoms with Crippen LogP contribution in [0.4, 0.5) is 0 Å². The summed E-state index contributed by atoms with van der Waals surface area (Å²) in [7, 11) is -1.10. The summed E-state index contributed by atoms with van der Waals surface area (Å²) in [5, 5.41) is 10.0. The summed E-state index contributed by atoms with van der Waals surface area (Å²) in [6.07, 6.45) is -0.814. The van der Waals surface area contributed by atoms with Gasteiger partial charge in [-0.05, 0) is 31.1 Å². The Morgan fingerprint density at radius 1 is 1.31 bits per heavy atom. The molecule has 2 aliphatic heterocycles. The second-order valence-electron chi connectivity index (χ2n) is 7.57. The number of sulfone groups is 1. The highest BCUT2D eigenvalue weighted by atomic mass is 35.5. The first kappa shape index (κ1) is 24.1. The van der Waals surface area contributed by atoms with Crippen LogP contribution in [0.2, 0.25) is 0 Å². The molecule has 3 rings (SSSR count). The largest absolute Gasteiger partial charge is 0.493 e. The van der Waals surface area contributed by atoms with E-state index in [0.717, 1.165) is 0 Å². The standard InChI is InChI=1S/C21H24ClNO8S/c1-11(22)9-31-21(26)19-13(7-15-18(12(2)24)20(25)23(15)19)10-32(27,28)14-5-6-16(29-3)17(8-14)30-4/h5-6,8,12,15,18,24H,1,7,9-10H2,2-4H3/t12-,15+,18+/m1/s1. The summed E-state index contributed by atoms with van der Waals surface area (Å²) in [4.78, 5) is 26.5. The second kappa shape index (κ2) is 9.13. The fraction of sp³-hybridized carbons (Fsp3) is 0.429. The first-order valence-electron chi connectivity index (χ1n) is 9.70. The molecule has 0 aliphatic carbocycles. The lowest BCUT2D eigenvalue weighted by Gasteiger charge is -2.44. The second-order valence-corrected chi connectivity index (χ2v) is 10.1. The fourth-order valence-electron chi connectivity index (χ4n) is 4.01. The van der Waals surface area contributed by atoms with Crippen molar-refractivity contribution < 1.29 is 37.3 Å². The summed E-state index contributed by atoms with van der Waals surface area (Å²) >= 11 is 5.66. The zero-order chi connectivity index (χ0) is 23.8. The van der Waals surface area contributed by atoms with Crippen LogP contribution in [0, 0.1) is 5.92 Å². The molecule has 32 heavy (non-hydrogen) atoms. The number of aliphatic hydroxyl groups excluding tert-OH is 1. The third kappa shape index (κ3) is 4.35. The molecule has 11 heteroatoms. The van der Waals surface area contributed by atoms with Crippen LogP contribution in [0.25, 0.3) is 0 Å². The Morgan fingerprint density at radius 2 is 1.97 bits per heavy atom. The van der Waals surface area contributed by atoms with Gasteiger partial charge < -0.3 is 24.2 Å². The maximum Gasteiger partial charge on any atom is 0.355 e. The van der Waals surface area contributed by atoms with E-state index in [4.69, 9.17) is 25.8 Å². The smallest absolute Gasteiger partial charge is 0.355 e. The van der Waals surface area contributed by atoms with Gasteiger partial charge in [-0.25, -0.2) is 13.2 Å². The Bertz CT molecular complexity index is 1100. The molecule has 0 radical (unpaired) electrons. The van der Waals surface area contributed by atoms with Crippen LogP contribution < -0.4 is 9.47 Å². The van der Waals surface area contributed by atoms with Gasteiger partial charge in [0.2, 0.25) is 5.91 Å². The minimum absolute atomic E-state index is 0.0304. The number of hydrogen-bond donors (Lipinski definition) is 1. The van der Waals surface area contributed by atoms with E-state index in [1.54, 1.807) is 0 Å². The highest BCUT2D eigenvalue weighted by Crippen LogP contribution is 2.45. The number of carbonyl (C=O) groups excluding carboxylic acids is 2. The van der Waals surface area contributed by atoms with Gasteiger partial charge in [0.1, 0.15) is 12.3 Å². The van der Waals surface area contributed by atoms with Crippen LogP contribution in [0.3, 0.4) is 0 Å². The fourth-order valence-corrected chi connectivity index (χ4v) is 5.51. The zero-order valence-electron chi connectivity index (χ0n) is 17.8. The van der Waals surface area contributed by atoms with Gasteiger partial charge in [0.05, 0.1) is 42.9 Å². The van der Waals surface area contributed by atoms with E-state index in [1.807, 2.05) is 0 Å². The summed E-state index contributed by atoms with van der Waals surface area (Å²) in [5.74, 6) is -1.96. The van der Waals surface area contributed by atoms with Gasteiger partial charge in [-0.3, -0.25) is 4.79 Å². The number of halogens is 1. The van der Waals surface area contributed by atoms with Crippen LogP contribution >= 0.6 is 11.6 Å². The Balaban J connectivity index is 1.96. The number of ether oxygens (including phenoxy) is 3. The molecule has 1 N–H and O–H groups in total. The van der Waals surface area contributed by atoms with Crippen molar-refractivity contribution in [2.24, 2.45) is 5.92 Å². The molecule has 0 unspecified atom stereocenters. The molecule has 1 amide bonds. The van der Waals surface area contributed by atoms with Crippen molar-refractivity contribution in [3.8, 4) is 11.5 Å². The van der Waals surface area contributed by atoms with Gasteiger partial charge in [-0.2, -0.15) is 0 Å². The molecule has 174 valence electrons. The summed E-state index contributed by atoms with van der Waals surface area (Å²) in [5.41, 5.74) is 0.102. The lowest BCUT2D eigenvalue weighted by Crippen LogP contribution is -2.61. The minimum atomic E-state index is -3.92. The molecule has 0 aromatic heterocycles. The van der Waals surface area contributed by atoms with Crippen LogP contribution in [0.15, 0.2) is 46.0 Å². The SMILES string of the molecule is C=C(Cl)COC(=O)C1=C(CS(=O)(=O)c2ccc(OC)c(OC)c2)C[C@H]2[C@H]([C@@H](C)O)C(=O)N12. The van der Waals surface area contributed by atoms with Crippen molar-refractivity contribution in [3.05, 3.63) is 41.1 Å². The van der Waals surface area contributed by atoms with Crippen molar-refractivity contribution in [2.45, 2.75) is 30.4 Å².